The summed E-state index contributed by atoms with van der Waals surface area (Å²) in [6.45, 7) is 8.47. The van der Waals surface area contributed by atoms with Crippen LogP contribution >= 0.6 is 0 Å². The highest BCUT2D eigenvalue weighted by atomic mass is 19.1. The van der Waals surface area contributed by atoms with E-state index in [-0.39, 0.29) is 29.9 Å². The van der Waals surface area contributed by atoms with Crippen molar-refractivity contribution < 1.29 is 13.9 Å². The van der Waals surface area contributed by atoms with Crippen LogP contribution in [0, 0.1) is 17.7 Å². The fourth-order valence-corrected chi connectivity index (χ4v) is 4.15. The number of nitrogens with one attached hydrogen (secondary N) is 1. The molecule has 2 fully saturated rings. The van der Waals surface area contributed by atoms with Crippen molar-refractivity contribution >= 4 is 5.91 Å². The van der Waals surface area contributed by atoms with Crippen molar-refractivity contribution in [2.24, 2.45) is 11.8 Å². The van der Waals surface area contributed by atoms with Crippen molar-refractivity contribution in [2.75, 3.05) is 19.7 Å². The lowest BCUT2D eigenvalue weighted by Crippen LogP contribution is -2.54. The van der Waals surface area contributed by atoms with E-state index in [9.17, 15) is 9.18 Å². The molecule has 5 atom stereocenters. The second-order valence-corrected chi connectivity index (χ2v) is 7.96. The molecule has 5 heteroatoms. The Kier molecular flexibility index (Phi) is 6.30. The van der Waals surface area contributed by atoms with Gasteiger partial charge in [-0.25, -0.2) is 4.39 Å². The number of carbonyl (C=O) groups excluding carboxylic acids is 1. The first-order valence-corrected chi connectivity index (χ1v) is 9.87. The van der Waals surface area contributed by atoms with E-state index in [1.54, 1.807) is 12.1 Å². The highest BCUT2D eigenvalue weighted by Crippen LogP contribution is 2.30. The van der Waals surface area contributed by atoms with Gasteiger partial charge in [0.25, 0.3) is 0 Å². The third-order valence-electron chi connectivity index (χ3n) is 6.30. The van der Waals surface area contributed by atoms with Crippen LogP contribution in [0.25, 0.3) is 0 Å². The van der Waals surface area contributed by atoms with Gasteiger partial charge in [-0.15, -0.1) is 0 Å². The number of nitrogens with zero attached hydrogens (tertiary/aromatic N) is 1. The number of benzene rings is 1. The zero-order valence-corrected chi connectivity index (χ0v) is 16.1. The zero-order valence-electron chi connectivity index (χ0n) is 16.1. The maximum Gasteiger partial charge on any atom is 0.237 e. The number of ether oxygens (including phenoxy) is 1. The Balaban J connectivity index is 1.58. The maximum absolute atomic E-state index is 13.1. The zero-order chi connectivity index (χ0) is 18.7. The number of hydrogen-bond acceptors (Lipinski definition) is 3. The van der Waals surface area contributed by atoms with Crippen LogP contribution in [0.5, 0.6) is 0 Å². The minimum atomic E-state index is -0.245. The molecule has 0 unspecified atom stereocenters. The number of halogens is 1. The number of carbonyl (C=O) groups is 1. The van der Waals surface area contributed by atoms with Gasteiger partial charge in [0.2, 0.25) is 5.91 Å². The predicted octanol–water partition coefficient (Wildman–Crippen LogP) is 3.53. The SMILES string of the molecule is C[C@H]1[C@@H](NC(=O)[C@@H](C)N2CCO[C@H](c3ccc(F)cc3)C2)CCC[C@@H]1C. The van der Waals surface area contributed by atoms with Gasteiger partial charge in [-0.1, -0.05) is 38.8 Å². The summed E-state index contributed by atoms with van der Waals surface area (Å²) in [5, 5.41) is 3.29. The Morgan fingerprint density at radius 1 is 1.27 bits per heavy atom. The standard InChI is InChI=1S/C21H31FN2O2/c1-14-5-4-6-19(15(14)2)23-21(25)16(3)24-11-12-26-20(13-24)17-7-9-18(22)10-8-17/h7-10,14-16,19-20H,4-6,11-13H2,1-3H3,(H,23,25)/t14-,15+,16+,19-,20-/m0/s1. The van der Waals surface area contributed by atoms with Crippen LogP contribution in [0.3, 0.4) is 0 Å². The second kappa shape index (κ2) is 8.49. The monoisotopic (exact) mass is 362 g/mol. The maximum atomic E-state index is 13.1. The third-order valence-corrected chi connectivity index (χ3v) is 6.30. The first-order chi connectivity index (χ1) is 12.5. The van der Waals surface area contributed by atoms with Crippen molar-refractivity contribution in [1.82, 2.24) is 10.2 Å². The molecule has 1 saturated carbocycles. The molecule has 1 amide bonds. The van der Waals surface area contributed by atoms with Gasteiger partial charge in [0.1, 0.15) is 5.82 Å². The molecule has 0 bridgehead atoms. The van der Waals surface area contributed by atoms with E-state index in [4.69, 9.17) is 4.74 Å². The first kappa shape index (κ1) is 19.3. The average Bonchev–Trinajstić information content (AvgIpc) is 2.65. The molecule has 0 aromatic heterocycles. The summed E-state index contributed by atoms with van der Waals surface area (Å²) < 4.78 is 19.0. The molecule has 0 radical (unpaired) electrons. The van der Waals surface area contributed by atoms with Crippen LogP contribution < -0.4 is 5.32 Å². The summed E-state index contributed by atoms with van der Waals surface area (Å²) in [4.78, 5) is 15.0. The first-order valence-electron chi connectivity index (χ1n) is 9.87. The quantitative estimate of drug-likeness (QED) is 0.891. The van der Waals surface area contributed by atoms with Crippen LogP contribution in [0.2, 0.25) is 0 Å². The predicted molar refractivity (Wildman–Crippen MR) is 100 cm³/mol. The highest BCUT2D eigenvalue weighted by Gasteiger charge is 2.32. The Hall–Kier alpha value is -1.46. The number of hydrogen-bond donors (Lipinski definition) is 1. The Morgan fingerprint density at radius 3 is 2.73 bits per heavy atom. The van der Waals surface area contributed by atoms with Crippen molar-refractivity contribution in [3.05, 3.63) is 35.6 Å². The molecule has 144 valence electrons. The minimum absolute atomic E-state index is 0.107. The summed E-state index contributed by atoms with van der Waals surface area (Å²) in [7, 11) is 0. The van der Waals surface area contributed by atoms with Crippen LogP contribution in [-0.2, 0) is 9.53 Å². The molecule has 1 heterocycles. The van der Waals surface area contributed by atoms with E-state index in [0.717, 1.165) is 18.5 Å². The van der Waals surface area contributed by atoms with Gasteiger partial charge in [-0.2, -0.15) is 0 Å². The molecule has 1 aliphatic heterocycles. The molecule has 26 heavy (non-hydrogen) atoms. The van der Waals surface area contributed by atoms with Crippen LogP contribution in [0.4, 0.5) is 4.39 Å². The molecule has 3 rings (SSSR count). The van der Waals surface area contributed by atoms with Crippen molar-refractivity contribution in [2.45, 2.75) is 58.2 Å². The van der Waals surface area contributed by atoms with Crippen LogP contribution in [-0.4, -0.2) is 42.6 Å². The number of amides is 1. The third kappa shape index (κ3) is 4.44. The molecule has 1 N–H and O–H groups in total. The number of rotatable bonds is 4. The smallest absolute Gasteiger partial charge is 0.237 e. The Bertz CT molecular complexity index is 607. The van der Waals surface area contributed by atoms with Crippen molar-refractivity contribution in [1.29, 1.82) is 0 Å². The molecule has 4 nitrogen and oxygen atoms in total. The largest absolute Gasteiger partial charge is 0.371 e. The molecular formula is C21H31FN2O2. The summed E-state index contributed by atoms with van der Waals surface area (Å²) in [5.41, 5.74) is 0.957. The normalized spacial score (nSPS) is 31.4. The summed E-state index contributed by atoms with van der Waals surface area (Å²) in [6.07, 6.45) is 3.40. The highest BCUT2D eigenvalue weighted by molar-refractivity contribution is 5.81. The topological polar surface area (TPSA) is 41.6 Å². The molecular weight excluding hydrogens is 331 g/mol. The molecule has 1 saturated heterocycles. The van der Waals surface area contributed by atoms with E-state index in [1.165, 1.54) is 25.0 Å². The van der Waals surface area contributed by atoms with E-state index in [0.29, 0.717) is 25.0 Å². The summed E-state index contributed by atoms with van der Waals surface area (Å²) in [6, 6.07) is 6.53. The number of morpholine rings is 1. The fourth-order valence-electron chi connectivity index (χ4n) is 4.15. The molecule has 2 aliphatic rings. The lowest BCUT2D eigenvalue weighted by atomic mass is 9.78. The van der Waals surface area contributed by atoms with Crippen LogP contribution in [0.15, 0.2) is 24.3 Å². The summed E-state index contributed by atoms with van der Waals surface area (Å²) in [5.74, 6) is 1.05. The van der Waals surface area contributed by atoms with Crippen molar-refractivity contribution in [3.63, 3.8) is 0 Å². The molecule has 1 aliphatic carbocycles. The lowest BCUT2D eigenvalue weighted by Gasteiger charge is -2.39. The van der Waals surface area contributed by atoms with E-state index in [2.05, 4.69) is 24.1 Å². The molecule has 0 spiro atoms. The van der Waals surface area contributed by atoms with Gasteiger partial charge in [-0.3, -0.25) is 9.69 Å². The van der Waals surface area contributed by atoms with Crippen molar-refractivity contribution in [3.8, 4) is 0 Å². The average molecular weight is 362 g/mol. The van der Waals surface area contributed by atoms with Gasteiger partial charge < -0.3 is 10.1 Å². The van der Waals surface area contributed by atoms with E-state index < -0.39 is 0 Å². The summed E-state index contributed by atoms with van der Waals surface area (Å²) >= 11 is 0. The Morgan fingerprint density at radius 2 is 2.00 bits per heavy atom. The van der Waals surface area contributed by atoms with Gasteiger partial charge in [-0.05, 0) is 42.9 Å². The van der Waals surface area contributed by atoms with Gasteiger partial charge in [0.05, 0.1) is 18.8 Å². The van der Waals surface area contributed by atoms with Gasteiger partial charge >= 0.3 is 0 Å². The van der Waals surface area contributed by atoms with Gasteiger partial charge in [0, 0.05) is 19.1 Å². The Labute approximate surface area is 156 Å². The van der Waals surface area contributed by atoms with Crippen LogP contribution in [0.1, 0.15) is 51.7 Å². The van der Waals surface area contributed by atoms with E-state index in [1.807, 2.05) is 6.92 Å². The van der Waals surface area contributed by atoms with Gasteiger partial charge in [0.15, 0.2) is 0 Å². The molecule has 1 aromatic rings. The second-order valence-electron chi connectivity index (χ2n) is 7.96. The molecule has 1 aromatic carbocycles. The van der Waals surface area contributed by atoms with E-state index >= 15 is 0 Å². The fraction of sp³-hybridized carbons (Fsp3) is 0.667. The lowest BCUT2D eigenvalue weighted by molar-refractivity contribution is -0.130. The minimum Gasteiger partial charge on any atom is -0.371 e.